The van der Waals surface area contributed by atoms with Gasteiger partial charge in [0.25, 0.3) is 0 Å². The summed E-state index contributed by atoms with van der Waals surface area (Å²) in [5.74, 6) is -12.3. The lowest BCUT2D eigenvalue weighted by Crippen LogP contribution is -2.59. The molecule has 16 atom stereocenters. The Morgan fingerprint density at radius 1 is 0.710 bits per heavy atom. The van der Waals surface area contributed by atoms with E-state index in [2.05, 4.69) is 64.2 Å². The monoisotopic (exact) mass is 1730 g/mol. The number of aliphatic hydroxyl groups excluding tert-OH is 2. The lowest BCUT2D eigenvalue weighted by atomic mass is 9.72. The van der Waals surface area contributed by atoms with Gasteiger partial charge in [0, 0.05) is 78.7 Å². The van der Waals surface area contributed by atoms with Gasteiger partial charge in [0.15, 0.2) is 23.6 Å². The van der Waals surface area contributed by atoms with Crippen LogP contribution in [-0.4, -0.2) is 262 Å². The highest BCUT2D eigenvalue weighted by atomic mass is 16.7. The van der Waals surface area contributed by atoms with Gasteiger partial charge < -0.3 is 123 Å². The van der Waals surface area contributed by atoms with Gasteiger partial charge in [-0.15, -0.1) is 0 Å². The summed E-state index contributed by atoms with van der Waals surface area (Å²) in [7, 11) is 2.60. The molecular weight excluding hydrogens is 1630 g/mol. The molecule has 3 saturated heterocycles. The lowest BCUT2D eigenvalue weighted by molar-refractivity contribution is -0.249. The Balaban J connectivity index is 0.576. The van der Waals surface area contributed by atoms with Crippen LogP contribution in [0.4, 0.5) is 25.8 Å². The van der Waals surface area contributed by atoms with Crippen LogP contribution >= 0.6 is 0 Å². The number of methoxy groups -OCH3 is 2. The second-order valence-corrected chi connectivity index (χ2v) is 30.4. The van der Waals surface area contributed by atoms with E-state index in [4.69, 9.17) is 50.4 Å². The lowest BCUT2D eigenvalue weighted by Gasteiger charge is -2.42. The number of benzene rings is 4. The standard InChI is InChI=1S/C79H95N17O28/c1-32-59(81)67(107)56-44(29-120-75(82)114)79(119-8)68-48(25-95(79)60(56)61(32)101)96(68)77(116)122-28-39-14-18-40(19-15-39)88-73(112)46(20-52(80)100)90-70(109)34(3)87-71(110)35(4)92-85-30-84-69(108)33(2)86-72(111)36(5)93-94-47(24-83-31-98)74(113)89-41-16-12-38(13-17-41)27-121-76(115)91-45-21-53(123-37(6)62(45)102)124-50-23-78(117,51(99)26-97)22-43-55(50)66(106)58-57(64(43)104)63(103)42-10-9-11-49(118-7)54(42)65(58)105/h9-19,31,33-37,44-48,50,53,62,68,85,92-94,97,102,104,106,117H,20-30,81H2,1-8H3,(H2,80,100)(H2,82,114)(H,83,98)(H,84,108)(H,86,111)(H,87,110)(H,88,112)(H,89,113)(H,90,109)(H,91,115)/t33?,34?,35-,36-,37-,44+,45?,46+,47+,48-,50-,53-,62+,68?,78-,79+,96?/m0/s1. The molecule has 23 N–H and O–H groups in total. The van der Waals surface area contributed by atoms with Crippen LogP contribution < -0.4 is 86.2 Å². The van der Waals surface area contributed by atoms with Crippen molar-refractivity contribution < 1.29 is 135 Å². The predicted molar refractivity (Wildman–Crippen MR) is 423 cm³/mol. The van der Waals surface area contributed by atoms with E-state index in [0.717, 1.165) is 0 Å². The third-order valence-electron chi connectivity index (χ3n) is 22.3. The van der Waals surface area contributed by atoms with E-state index in [9.17, 15) is 102 Å². The molecule has 3 fully saturated rings. The van der Waals surface area contributed by atoms with Gasteiger partial charge in [-0.2, -0.15) is 0 Å². The first-order valence-electron chi connectivity index (χ1n) is 38.9. The third-order valence-corrected chi connectivity index (χ3v) is 22.3. The maximum Gasteiger partial charge on any atom is 0.410 e. The molecule has 0 bridgehead atoms. The fourth-order valence-corrected chi connectivity index (χ4v) is 15.7. The van der Waals surface area contributed by atoms with Crippen molar-refractivity contribution in [3.8, 4) is 17.2 Å². The number of nitrogens with zero attached hydrogens (tertiary/aromatic N) is 2. The van der Waals surface area contributed by atoms with Crippen LogP contribution in [0.15, 0.2) is 89.3 Å². The molecule has 11 rings (SSSR count). The number of ketones is 5. The van der Waals surface area contributed by atoms with Gasteiger partial charge in [0.1, 0.15) is 85.6 Å². The minimum Gasteiger partial charge on any atom is -0.507 e. The molecule has 45 heteroatoms. The second kappa shape index (κ2) is 38.1. The van der Waals surface area contributed by atoms with Crippen molar-refractivity contribution in [2.24, 2.45) is 23.1 Å². The molecule has 4 aliphatic heterocycles. The van der Waals surface area contributed by atoms with Crippen molar-refractivity contribution in [1.29, 1.82) is 0 Å². The van der Waals surface area contributed by atoms with Crippen LogP contribution in [0.5, 0.6) is 17.2 Å². The second-order valence-electron chi connectivity index (χ2n) is 30.4. The molecule has 0 aromatic heterocycles. The van der Waals surface area contributed by atoms with Gasteiger partial charge in [-0.05, 0) is 83.0 Å². The molecule has 45 nitrogen and oxygen atoms in total. The summed E-state index contributed by atoms with van der Waals surface area (Å²) in [5.41, 5.74) is 22.3. The molecule has 0 saturated carbocycles. The number of aliphatic hydroxyl groups is 3. The van der Waals surface area contributed by atoms with E-state index in [0.29, 0.717) is 17.5 Å². The van der Waals surface area contributed by atoms with E-state index in [1.54, 1.807) is 4.90 Å². The highest BCUT2D eigenvalue weighted by Crippen LogP contribution is 2.60. The number of aromatic hydroxyl groups is 2. The van der Waals surface area contributed by atoms with Crippen molar-refractivity contribution in [2.45, 2.75) is 171 Å². The van der Waals surface area contributed by atoms with Gasteiger partial charge in [-0.25, -0.2) is 36.1 Å². The fourth-order valence-electron chi connectivity index (χ4n) is 15.7. The third kappa shape index (κ3) is 18.9. The van der Waals surface area contributed by atoms with E-state index in [-0.39, 0.29) is 101 Å². The minimum absolute atomic E-state index is 0.000497. The number of nitrogens with one attached hydrogen (secondary N) is 12. The highest BCUT2D eigenvalue weighted by molar-refractivity contribution is 6.31. The summed E-state index contributed by atoms with van der Waals surface area (Å²) in [6.07, 6.45) is -10.4. The number of fused-ring (bicyclic) bond motifs is 7. The Bertz CT molecular complexity index is 5050. The summed E-state index contributed by atoms with van der Waals surface area (Å²) >= 11 is 0. The molecule has 3 aliphatic carbocycles. The number of nitrogens with two attached hydrogens (primary N) is 3. The Hall–Kier alpha value is -13.1. The number of ether oxygens (including phenoxy) is 7. The molecule has 664 valence electrons. The first kappa shape index (κ1) is 91.6. The van der Waals surface area contributed by atoms with Gasteiger partial charge in [-0.3, -0.25) is 67.2 Å². The number of carbonyl (C=O) groups excluding carboxylic acids is 16. The van der Waals surface area contributed by atoms with Gasteiger partial charge in [0.2, 0.25) is 65.1 Å². The summed E-state index contributed by atoms with van der Waals surface area (Å²) in [4.78, 5) is 213. The first-order chi connectivity index (χ1) is 58.8. The topological polar surface area (TPSA) is 668 Å². The number of rotatable bonds is 36. The van der Waals surface area contributed by atoms with Crippen molar-refractivity contribution in [2.75, 3.05) is 57.8 Å². The first-order valence-corrected chi connectivity index (χ1v) is 38.9. The average Bonchev–Trinajstić information content (AvgIpc) is 1.48. The van der Waals surface area contributed by atoms with E-state index < -0.39 is 240 Å². The Morgan fingerprint density at radius 3 is 1.92 bits per heavy atom. The summed E-state index contributed by atoms with van der Waals surface area (Å²) in [6, 6.07) is 6.24. The zero-order chi connectivity index (χ0) is 90.4. The molecule has 0 radical (unpaired) electrons. The van der Waals surface area contributed by atoms with E-state index in [1.165, 1.54) is 127 Å². The molecule has 4 unspecified atom stereocenters. The van der Waals surface area contributed by atoms with Crippen molar-refractivity contribution in [1.82, 2.24) is 63.4 Å². The number of alkyl carbamates (subject to hydrolysis) is 1. The number of hydrogen-bond acceptors (Lipinski definition) is 34. The van der Waals surface area contributed by atoms with Crippen LogP contribution in [-0.2, 0) is 101 Å². The number of Topliss-reactive ketones (excluding diaryl/α,β-unsaturated/α-hetero) is 3. The summed E-state index contributed by atoms with van der Waals surface area (Å²) in [6.45, 7) is 5.57. The Kier molecular flexibility index (Phi) is 28.2. The van der Waals surface area contributed by atoms with Crippen molar-refractivity contribution >= 4 is 106 Å². The molecule has 7 aliphatic rings. The normalized spacial score (nSPS) is 23.4. The quantitative estimate of drug-likeness (QED) is 0.00264. The molecule has 4 heterocycles. The van der Waals surface area contributed by atoms with Gasteiger partial charge in [-0.1, -0.05) is 36.4 Å². The number of amides is 11. The smallest absolute Gasteiger partial charge is 0.410 e. The zero-order valence-corrected chi connectivity index (χ0v) is 68.0. The molecule has 0 spiro atoms. The number of hydrogen-bond donors (Lipinski definition) is 20. The van der Waals surface area contributed by atoms with Gasteiger partial charge in [0.05, 0.1) is 90.6 Å². The molecular formula is C79H95N17O28. The predicted octanol–water partition coefficient (Wildman–Crippen LogP) is -4.22. The Labute approximate surface area is 705 Å². The SMILES string of the molecule is COc1cccc2c1C(=O)c1c(O)c3c(c(O)c1C2=O)C[C@@](O)(C(=O)CO)C[C@@H]3O[C@H]1CC(NC(=O)OCc2ccc(NC(=O)[C@@H](CNC=O)NN[C@@H](C)C(=O)NC(C)C(=O)NCNN[C@@H](C)C(=O)NC(C)C(=O)N[C@H](CC(N)=O)C(=O)Nc3ccc(COC(=O)N4C5[C@@H]4CN4C6=C(C(=O)C(N)=C(C)C6=O)[C@@H](COC(N)=O)[C@@]54OC)cc3)cc2)[C@H](O)[C@H](C)O1. The van der Waals surface area contributed by atoms with E-state index in [1.807, 2.05) is 0 Å². The maximum absolute atomic E-state index is 14.1. The van der Waals surface area contributed by atoms with Crippen LogP contribution in [0.2, 0.25) is 0 Å². The average molecular weight is 1730 g/mol. The van der Waals surface area contributed by atoms with Gasteiger partial charge >= 0.3 is 18.3 Å². The van der Waals surface area contributed by atoms with Crippen LogP contribution in [0.3, 0.4) is 0 Å². The largest absolute Gasteiger partial charge is 0.507 e. The van der Waals surface area contributed by atoms with Crippen LogP contribution in [0, 0.1) is 5.92 Å². The number of carbonyl (C=O) groups is 16. The number of allylic oxidation sites excluding steroid dienone is 2. The molecule has 4 aromatic carbocycles. The van der Waals surface area contributed by atoms with Crippen LogP contribution in [0.1, 0.15) is 121 Å². The summed E-state index contributed by atoms with van der Waals surface area (Å²) < 4.78 is 39.8. The minimum atomic E-state index is -2.45. The van der Waals surface area contributed by atoms with E-state index >= 15 is 0 Å². The Morgan fingerprint density at radius 2 is 1.31 bits per heavy atom. The number of phenols is 2. The van der Waals surface area contributed by atoms with Crippen LogP contribution in [0.25, 0.3) is 0 Å². The number of piperazine rings is 1. The maximum atomic E-state index is 14.1. The number of phenolic OH excluding ortho intramolecular Hbond substituents is 2. The number of anilines is 2. The number of hydrazine groups is 2. The highest BCUT2D eigenvalue weighted by Gasteiger charge is 2.78. The molecule has 124 heavy (non-hydrogen) atoms. The zero-order valence-electron chi connectivity index (χ0n) is 68.0. The summed E-state index contributed by atoms with van der Waals surface area (Å²) in [5, 5.41) is 76.5. The van der Waals surface area contributed by atoms with Crippen molar-refractivity contribution in [3.63, 3.8) is 0 Å². The van der Waals surface area contributed by atoms with Crippen molar-refractivity contribution in [3.05, 3.63) is 134 Å². The number of primary amides is 2. The molecule has 4 aromatic rings. The fraction of sp³-hybridized carbons (Fsp3) is 0.443. The molecule has 11 amide bonds.